The summed E-state index contributed by atoms with van der Waals surface area (Å²) in [5.74, 6) is 0. The largest absolute Gasteiger partial charge is 0.369 e. The van der Waals surface area contributed by atoms with Crippen LogP contribution in [0.15, 0.2) is 18.7 Å². The minimum Gasteiger partial charge on any atom is -0.369 e. The molecule has 0 aromatic carbocycles. The van der Waals surface area contributed by atoms with Gasteiger partial charge in [-0.2, -0.15) is 0 Å². The Hall–Kier alpha value is -1.12. The molecule has 0 radical (unpaired) electrons. The van der Waals surface area contributed by atoms with E-state index in [1.54, 1.807) is 6.33 Å². The summed E-state index contributed by atoms with van der Waals surface area (Å²) in [6.07, 6.45) is 9.32. The van der Waals surface area contributed by atoms with Crippen molar-refractivity contribution in [3.63, 3.8) is 0 Å². The summed E-state index contributed by atoms with van der Waals surface area (Å²) in [7, 11) is 0. The first-order valence-electron chi connectivity index (χ1n) is 4.47. The third-order valence-corrected chi connectivity index (χ3v) is 2.27. The molecule has 0 atom stereocenters. The van der Waals surface area contributed by atoms with Crippen molar-refractivity contribution in [2.75, 3.05) is 18.0 Å². The van der Waals surface area contributed by atoms with Crippen molar-refractivity contribution < 1.29 is 0 Å². The monoisotopic (exact) mass is 163 g/mol. The predicted molar refractivity (Wildman–Crippen MR) is 48.1 cm³/mol. The molecule has 1 aromatic rings. The molecule has 1 saturated heterocycles. The maximum Gasteiger partial charge on any atom is 0.115 e. The maximum absolute atomic E-state index is 4.01. The van der Waals surface area contributed by atoms with E-state index in [0.717, 1.165) is 18.8 Å². The van der Waals surface area contributed by atoms with E-state index in [-0.39, 0.29) is 0 Å². The number of hydrogen-bond acceptors (Lipinski definition) is 3. The highest BCUT2D eigenvalue weighted by molar-refractivity contribution is 5.41. The number of hydrogen-bond donors (Lipinski definition) is 0. The molecule has 1 aliphatic heterocycles. The molecular formula is C9H13N3. The number of rotatable bonds is 1. The Morgan fingerprint density at radius 1 is 1.00 bits per heavy atom. The Bertz CT molecular complexity index is 229. The fraction of sp³-hybridized carbons (Fsp3) is 0.556. The van der Waals surface area contributed by atoms with Crippen molar-refractivity contribution in [2.24, 2.45) is 0 Å². The van der Waals surface area contributed by atoms with E-state index in [2.05, 4.69) is 14.9 Å². The summed E-state index contributed by atoms with van der Waals surface area (Å²) in [5.41, 5.74) is 1.16. The van der Waals surface area contributed by atoms with Gasteiger partial charge < -0.3 is 4.90 Å². The van der Waals surface area contributed by atoms with Gasteiger partial charge in [0.05, 0.1) is 18.1 Å². The molecule has 3 heteroatoms. The maximum atomic E-state index is 4.01. The van der Waals surface area contributed by atoms with Gasteiger partial charge in [0.2, 0.25) is 0 Å². The molecule has 3 nitrogen and oxygen atoms in total. The molecule has 1 aromatic heterocycles. The van der Waals surface area contributed by atoms with Gasteiger partial charge in [-0.05, 0) is 19.3 Å². The Balaban J connectivity index is 2.08. The SMILES string of the molecule is c1ncc(N2CCCCC2)cn1. The van der Waals surface area contributed by atoms with Crippen LogP contribution in [-0.2, 0) is 0 Å². The van der Waals surface area contributed by atoms with Crippen molar-refractivity contribution in [2.45, 2.75) is 19.3 Å². The minimum atomic E-state index is 1.16. The Morgan fingerprint density at radius 2 is 1.67 bits per heavy atom. The number of piperidine rings is 1. The van der Waals surface area contributed by atoms with Crippen molar-refractivity contribution >= 4 is 5.69 Å². The first-order chi connectivity index (χ1) is 5.97. The molecule has 0 amide bonds. The quantitative estimate of drug-likeness (QED) is 0.627. The fourth-order valence-corrected chi connectivity index (χ4v) is 1.61. The van der Waals surface area contributed by atoms with E-state index in [0.29, 0.717) is 0 Å². The summed E-state index contributed by atoms with van der Waals surface area (Å²) >= 11 is 0. The van der Waals surface area contributed by atoms with Crippen molar-refractivity contribution in [1.29, 1.82) is 0 Å². The first kappa shape index (κ1) is 7.53. The molecule has 64 valence electrons. The van der Waals surface area contributed by atoms with Crippen LogP contribution >= 0.6 is 0 Å². The van der Waals surface area contributed by atoms with E-state index in [9.17, 15) is 0 Å². The fourth-order valence-electron chi connectivity index (χ4n) is 1.61. The zero-order chi connectivity index (χ0) is 8.23. The molecule has 0 bridgehead atoms. The summed E-state index contributed by atoms with van der Waals surface area (Å²) in [4.78, 5) is 10.4. The van der Waals surface area contributed by atoms with Crippen molar-refractivity contribution in [1.82, 2.24) is 9.97 Å². The molecule has 0 unspecified atom stereocenters. The molecule has 2 rings (SSSR count). The van der Waals surface area contributed by atoms with Crippen LogP contribution in [-0.4, -0.2) is 23.1 Å². The van der Waals surface area contributed by atoms with E-state index in [1.807, 2.05) is 12.4 Å². The molecule has 0 N–H and O–H groups in total. The highest BCUT2D eigenvalue weighted by Gasteiger charge is 2.10. The highest BCUT2D eigenvalue weighted by atomic mass is 15.1. The lowest BCUT2D eigenvalue weighted by Crippen LogP contribution is -2.29. The van der Waals surface area contributed by atoms with Crippen LogP contribution in [0.3, 0.4) is 0 Å². The van der Waals surface area contributed by atoms with Crippen LogP contribution in [0.2, 0.25) is 0 Å². The van der Waals surface area contributed by atoms with E-state index in [1.165, 1.54) is 19.3 Å². The van der Waals surface area contributed by atoms with Gasteiger partial charge in [0.25, 0.3) is 0 Å². The molecule has 2 heterocycles. The van der Waals surface area contributed by atoms with Gasteiger partial charge in [0.1, 0.15) is 6.33 Å². The summed E-state index contributed by atoms with van der Waals surface area (Å²) in [6, 6.07) is 0. The normalized spacial score (nSPS) is 17.8. The average molecular weight is 163 g/mol. The molecule has 12 heavy (non-hydrogen) atoms. The van der Waals surface area contributed by atoms with Crippen LogP contribution in [0.4, 0.5) is 5.69 Å². The summed E-state index contributed by atoms with van der Waals surface area (Å²) < 4.78 is 0. The van der Waals surface area contributed by atoms with Crippen molar-refractivity contribution in [3.05, 3.63) is 18.7 Å². The van der Waals surface area contributed by atoms with Crippen LogP contribution in [0.5, 0.6) is 0 Å². The third kappa shape index (κ3) is 1.55. The number of anilines is 1. The van der Waals surface area contributed by atoms with Crippen LogP contribution in [0.25, 0.3) is 0 Å². The minimum absolute atomic E-state index is 1.16. The zero-order valence-electron chi connectivity index (χ0n) is 7.11. The van der Waals surface area contributed by atoms with Gasteiger partial charge in [-0.3, -0.25) is 0 Å². The predicted octanol–water partition coefficient (Wildman–Crippen LogP) is 1.47. The van der Waals surface area contributed by atoms with Crippen LogP contribution in [0.1, 0.15) is 19.3 Å². The zero-order valence-corrected chi connectivity index (χ0v) is 7.11. The van der Waals surface area contributed by atoms with Gasteiger partial charge in [-0.1, -0.05) is 0 Å². The molecular weight excluding hydrogens is 150 g/mol. The second-order valence-corrected chi connectivity index (χ2v) is 3.14. The van der Waals surface area contributed by atoms with E-state index < -0.39 is 0 Å². The van der Waals surface area contributed by atoms with Gasteiger partial charge in [0.15, 0.2) is 0 Å². The first-order valence-corrected chi connectivity index (χ1v) is 4.47. The lowest BCUT2D eigenvalue weighted by Gasteiger charge is -2.27. The van der Waals surface area contributed by atoms with Crippen LogP contribution < -0.4 is 4.90 Å². The van der Waals surface area contributed by atoms with Crippen LogP contribution in [0, 0.1) is 0 Å². The topological polar surface area (TPSA) is 29.0 Å². The van der Waals surface area contributed by atoms with E-state index >= 15 is 0 Å². The molecule has 0 aliphatic carbocycles. The standard InChI is InChI=1S/C9H13N3/c1-2-4-12(5-3-1)9-6-10-8-11-7-9/h6-8H,1-5H2. The second kappa shape index (κ2) is 3.52. The average Bonchev–Trinajstić information content (AvgIpc) is 2.21. The van der Waals surface area contributed by atoms with Gasteiger partial charge in [0, 0.05) is 13.1 Å². The lowest BCUT2D eigenvalue weighted by atomic mass is 10.1. The smallest absolute Gasteiger partial charge is 0.115 e. The molecule has 1 fully saturated rings. The number of nitrogens with zero attached hydrogens (tertiary/aromatic N) is 3. The summed E-state index contributed by atoms with van der Waals surface area (Å²) in [6.45, 7) is 2.32. The molecule has 0 saturated carbocycles. The highest BCUT2D eigenvalue weighted by Crippen LogP contribution is 2.16. The second-order valence-electron chi connectivity index (χ2n) is 3.14. The molecule has 1 aliphatic rings. The number of aromatic nitrogens is 2. The Labute approximate surface area is 72.4 Å². The van der Waals surface area contributed by atoms with Gasteiger partial charge in [-0.15, -0.1) is 0 Å². The van der Waals surface area contributed by atoms with Gasteiger partial charge in [-0.25, -0.2) is 9.97 Å². The summed E-state index contributed by atoms with van der Waals surface area (Å²) in [5, 5.41) is 0. The molecule has 0 spiro atoms. The third-order valence-electron chi connectivity index (χ3n) is 2.27. The van der Waals surface area contributed by atoms with Gasteiger partial charge >= 0.3 is 0 Å². The lowest BCUT2D eigenvalue weighted by molar-refractivity contribution is 0.576. The Morgan fingerprint density at radius 3 is 2.33 bits per heavy atom. The Kier molecular flexibility index (Phi) is 2.21. The van der Waals surface area contributed by atoms with Crippen molar-refractivity contribution in [3.8, 4) is 0 Å². The van der Waals surface area contributed by atoms with E-state index in [4.69, 9.17) is 0 Å².